The van der Waals surface area contributed by atoms with Gasteiger partial charge in [0.1, 0.15) is 0 Å². The molecular weight excluding hydrogens is 942 g/mol. The van der Waals surface area contributed by atoms with Crippen molar-refractivity contribution in [1.29, 1.82) is 0 Å². The van der Waals surface area contributed by atoms with E-state index >= 15 is 0 Å². The Morgan fingerprint density at radius 2 is 1.08 bits per heavy atom. The Balaban J connectivity index is 0.00000210. The van der Waals surface area contributed by atoms with E-state index in [1.165, 1.54) is 11.3 Å². The molecule has 0 fully saturated rings. The molecule has 0 aliphatic heterocycles. The fourth-order valence-corrected chi connectivity index (χ4v) is 6.26. The van der Waals surface area contributed by atoms with Crippen molar-refractivity contribution in [2.45, 2.75) is 0 Å². The van der Waals surface area contributed by atoms with Crippen LogP contribution in [0.4, 0.5) is 0 Å². The molecule has 0 aliphatic carbocycles. The third kappa shape index (κ3) is 7.07. The van der Waals surface area contributed by atoms with E-state index in [0.717, 1.165) is 54.8 Å². The molecule has 0 aliphatic rings. The number of thiazole rings is 1. The van der Waals surface area contributed by atoms with Gasteiger partial charge in [-0.05, 0) is 23.5 Å². The van der Waals surface area contributed by atoms with Crippen LogP contribution in [0.25, 0.3) is 60.7 Å². The summed E-state index contributed by atoms with van der Waals surface area (Å²) in [6.45, 7) is 0. The van der Waals surface area contributed by atoms with Crippen molar-refractivity contribution in [3.63, 3.8) is 0 Å². The molecule has 0 unspecified atom stereocenters. The number of rotatable bonds is 8. The molecule has 8 nitrogen and oxygen atoms in total. The molecule has 0 bridgehead atoms. The van der Waals surface area contributed by atoms with Gasteiger partial charge in [-0.3, -0.25) is 4.98 Å². The van der Waals surface area contributed by atoms with Crippen LogP contribution < -0.4 is 9.47 Å². The number of aromatic nitrogens is 6. The van der Waals surface area contributed by atoms with Crippen molar-refractivity contribution in [3.05, 3.63) is 158 Å². The van der Waals surface area contributed by atoms with E-state index in [1.54, 1.807) is 36.5 Å². The quantitative estimate of drug-likeness (QED) is 0.111. The first kappa shape index (κ1) is 35.1. The summed E-state index contributed by atoms with van der Waals surface area (Å²) in [5.74, 6) is 2.56. The number of benzene rings is 4. The van der Waals surface area contributed by atoms with Crippen LogP contribution in [-0.4, -0.2) is 29.5 Å². The van der Waals surface area contributed by atoms with Crippen LogP contribution >= 0.6 is 11.3 Å². The number of ether oxygens (including phenoxy) is 2. The maximum atomic E-state index is 6.31. The third-order valence-electron chi connectivity index (χ3n) is 7.95. The van der Waals surface area contributed by atoms with E-state index in [-0.39, 0.29) is 41.5 Å². The zero-order chi connectivity index (χ0) is 33.3. The second kappa shape index (κ2) is 15.5. The Morgan fingerprint density at radius 1 is 0.538 bits per heavy atom. The molecule has 0 atom stereocenters. The third-order valence-corrected chi connectivity index (χ3v) is 8.77. The Bertz CT molecular complexity index is 2460. The summed E-state index contributed by atoms with van der Waals surface area (Å²) in [4.78, 5) is 23.6. The Hall–Kier alpha value is -5.36. The molecule has 11 heteroatoms. The first-order valence-corrected chi connectivity index (χ1v) is 16.5. The zero-order valence-corrected chi connectivity index (χ0v) is 31.4. The minimum Gasteiger partial charge on any atom is -0.503 e. The van der Waals surface area contributed by atoms with E-state index in [4.69, 9.17) is 19.4 Å². The number of hydrogen-bond acceptors (Lipinski definition) is 8. The van der Waals surface area contributed by atoms with Crippen molar-refractivity contribution in [2.75, 3.05) is 0 Å². The average molecular weight is 964 g/mol. The second-order valence-corrected chi connectivity index (χ2v) is 12.0. The number of hydrogen-bond donors (Lipinski definition) is 0. The molecule has 9 aromatic rings. The van der Waals surface area contributed by atoms with Gasteiger partial charge in [0.25, 0.3) is 0 Å². The van der Waals surface area contributed by atoms with E-state index in [0.29, 0.717) is 28.9 Å². The van der Waals surface area contributed by atoms with E-state index in [9.17, 15) is 0 Å². The zero-order valence-electron chi connectivity index (χ0n) is 26.7. The van der Waals surface area contributed by atoms with Gasteiger partial charge in [0.15, 0.2) is 0 Å². The standard InChI is InChI=1S/C41H22N6O2S.Pd.Pt/c1-3-17-43-36(11-1)27-7-5-9-30(19-27)48-32-13-15-34-35-16-14-33(49-31-10-6-8-28(20-31)37-12-2-4-18-44-37)22-39(35)47(38(34)21-32)41-45-23-29(24-46-41)40-25-42-26-50-40;;/h1-18,23-26H;;/q-4;2*+2. The molecule has 0 spiro atoms. The number of nitrogens with zero attached hydrogens (tertiary/aromatic N) is 6. The van der Waals surface area contributed by atoms with Crippen LogP contribution in [0.15, 0.2) is 134 Å². The fourth-order valence-electron chi connectivity index (χ4n) is 5.66. The summed E-state index contributed by atoms with van der Waals surface area (Å²) < 4.78 is 14.5. The summed E-state index contributed by atoms with van der Waals surface area (Å²) in [6.07, 6.45) is 8.91. The number of pyridine rings is 2. The first-order chi connectivity index (χ1) is 24.7. The van der Waals surface area contributed by atoms with Crippen LogP contribution in [0.2, 0.25) is 0 Å². The molecule has 0 saturated carbocycles. The van der Waals surface area contributed by atoms with E-state index in [1.807, 2.05) is 102 Å². The molecule has 0 N–H and O–H groups in total. The fraction of sp³-hybridized carbons (Fsp3) is 0. The molecular formula is C41H22N6O2PdPtS. The van der Waals surface area contributed by atoms with Crippen molar-refractivity contribution >= 4 is 33.1 Å². The van der Waals surface area contributed by atoms with Gasteiger partial charge in [-0.2, -0.15) is 22.9 Å². The summed E-state index contributed by atoms with van der Waals surface area (Å²) in [6, 6.07) is 44.4. The summed E-state index contributed by atoms with van der Waals surface area (Å²) in [5, 5.41) is 1.86. The molecule has 0 amide bonds. The first-order valence-electron chi connectivity index (χ1n) is 15.6. The molecule has 0 radical (unpaired) electrons. The van der Waals surface area contributed by atoms with Crippen LogP contribution in [0, 0.1) is 24.3 Å². The van der Waals surface area contributed by atoms with Crippen molar-refractivity contribution in [1.82, 2.24) is 29.5 Å². The second-order valence-electron chi connectivity index (χ2n) is 11.1. The van der Waals surface area contributed by atoms with Gasteiger partial charge >= 0.3 is 41.5 Å². The van der Waals surface area contributed by atoms with Crippen LogP contribution in [-0.2, 0) is 41.5 Å². The number of fused-ring (bicyclic) bond motifs is 3. The van der Waals surface area contributed by atoms with E-state index < -0.39 is 0 Å². The van der Waals surface area contributed by atoms with Gasteiger partial charge in [0, 0.05) is 59.5 Å². The molecule has 9 rings (SSSR count). The topological polar surface area (TPSA) is 87.8 Å². The summed E-state index contributed by atoms with van der Waals surface area (Å²) in [5.41, 5.74) is 7.40. The van der Waals surface area contributed by atoms with Crippen LogP contribution in [0.3, 0.4) is 0 Å². The monoisotopic (exact) mass is 963 g/mol. The van der Waals surface area contributed by atoms with Crippen molar-refractivity contribution in [2.24, 2.45) is 0 Å². The minimum atomic E-state index is 0. The minimum absolute atomic E-state index is 0. The van der Waals surface area contributed by atoms with Gasteiger partial charge in [-0.1, -0.05) is 47.4 Å². The largest absolute Gasteiger partial charge is 2.00 e. The van der Waals surface area contributed by atoms with Crippen LogP contribution in [0.5, 0.6) is 23.0 Å². The maximum Gasteiger partial charge on any atom is 2.00 e. The maximum absolute atomic E-state index is 6.31. The predicted molar refractivity (Wildman–Crippen MR) is 192 cm³/mol. The Labute approximate surface area is 331 Å². The van der Waals surface area contributed by atoms with Gasteiger partial charge < -0.3 is 24.0 Å². The van der Waals surface area contributed by atoms with E-state index in [2.05, 4.69) is 39.2 Å². The normalized spacial score (nSPS) is 10.8. The van der Waals surface area contributed by atoms with Crippen molar-refractivity contribution in [3.8, 4) is 61.9 Å². The molecule has 5 heterocycles. The van der Waals surface area contributed by atoms with Gasteiger partial charge in [0.2, 0.25) is 5.95 Å². The van der Waals surface area contributed by atoms with Gasteiger partial charge in [-0.15, -0.1) is 83.1 Å². The SMILES string of the molecule is [Pd+2].[Pt+2].[c-]1c(Oc2[c-]c3c(cc2)c2ccc(Oc4[c-]c(-c5ccccn5)ccc4)[c-]c2n3-c2ncc(-c3cncs3)cn2)cccc1-c1ccccn1. The molecule has 4 aromatic carbocycles. The molecule has 52 heavy (non-hydrogen) atoms. The summed E-state index contributed by atoms with van der Waals surface area (Å²) in [7, 11) is 0. The van der Waals surface area contributed by atoms with Crippen molar-refractivity contribution < 1.29 is 51.0 Å². The molecule has 0 saturated heterocycles. The molecule has 5 aromatic heterocycles. The smallest absolute Gasteiger partial charge is 0.503 e. The average Bonchev–Trinajstić information content (AvgIpc) is 3.83. The Morgan fingerprint density at radius 3 is 1.56 bits per heavy atom. The predicted octanol–water partition coefficient (Wildman–Crippen LogP) is 9.60. The Kier molecular flexibility index (Phi) is 10.4. The van der Waals surface area contributed by atoms with Gasteiger partial charge in [0.05, 0.1) is 10.4 Å². The van der Waals surface area contributed by atoms with Crippen LogP contribution in [0.1, 0.15) is 0 Å². The molecule has 254 valence electrons. The summed E-state index contributed by atoms with van der Waals surface area (Å²) >= 11 is 1.53. The van der Waals surface area contributed by atoms with Gasteiger partial charge in [-0.25, -0.2) is 9.97 Å².